The molecule has 1 atom stereocenters. The first-order valence-electron chi connectivity index (χ1n) is 6.88. The van der Waals surface area contributed by atoms with Crippen LogP contribution in [-0.2, 0) is 0 Å². The lowest BCUT2D eigenvalue weighted by Gasteiger charge is -2.33. The van der Waals surface area contributed by atoms with Crippen molar-refractivity contribution < 1.29 is 5.11 Å². The molecule has 0 aliphatic carbocycles. The minimum Gasteiger partial charge on any atom is -0.396 e. The third kappa shape index (κ3) is 4.00. The number of benzene rings is 1. The summed E-state index contributed by atoms with van der Waals surface area (Å²) in [6.07, 6.45) is 2.13. The zero-order valence-electron chi connectivity index (χ0n) is 11.2. The Labute approximate surface area is 120 Å². The van der Waals surface area contributed by atoms with Crippen LogP contribution in [0, 0.1) is 5.92 Å². The van der Waals surface area contributed by atoms with Gasteiger partial charge in [0.15, 0.2) is 0 Å². The summed E-state index contributed by atoms with van der Waals surface area (Å²) in [5, 5.41) is 9.17. The van der Waals surface area contributed by atoms with Crippen LogP contribution < -0.4 is 5.73 Å². The Bertz CT molecular complexity index is 402. The van der Waals surface area contributed by atoms with E-state index in [1.165, 1.54) is 5.56 Å². The van der Waals surface area contributed by atoms with E-state index >= 15 is 0 Å². The molecule has 2 rings (SSSR count). The summed E-state index contributed by atoms with van der Waals surface area (Å²) in [7, 11) is 0. The van der Waals surface area contributed by atoms with Crippen LogP contribution in [0.2, 0.25) is 0 Å². The van der Waals surface area contributed by atoms with Gasteiger partial charge in [0.1, 0.15) is 0 Å². The van der Waals surface area contributed by atoms with Gasteiger partial charge in [0.25, 0.3) is 0 Å². The fourth-order valence-electron chi connectivity index (χ4n) is 2.65. The number of hydrogen-bond donors (Lipinski definition) is 2. The highest BCUT2D eigenvalue weighted by molar-refractivity contribution is 7.80. The number of hydrogen-bond acceptors (Lipinski definition) is 3. The molecule has 1 fully saturated rings. The normalized spacial score (nSPS) is 19.2. The number of aliphatic hydroxyl groups excluding tert-OH is 1. The summed E-state index contributed by atoms with van der Waals surface area (Å²) in [5.41, 5.74) is 7.10. The second-order valence-electron chi connectivity index (χ2n) is 5.29. The van der Waals surface area contributed by atoms with Crippen molar-refractivity contribution in [1.29, 1.82) is 0 Å². The average molecular weight is 278 g/mol. The molecule has 0 amide bonds. The molecular weight excluding hydrogens is 256 g/mol. The van der Waals surface area contributed by atoms with Crippen molar-refractivity contribution in [2.24, 2.45) is 11.7 Å². The third-order valence-corrected chi connectivity index (χ3v) is 4.24. The van der Waals surface area contributed by atoms with Crippen molar-refractivity contribution >= 4 is 17.2 Å². The van der Waals surface area contributed by atoms with Crippen LogP contribution in [0.3, 0.4) is 0 Å². The van der Waals surface area contributed by atoms with Crippen molar-refractivity contribution in [2.45, 2.75) is 18.8 Å². The molecule has 104 valence electrons. The van der Waals surface area contributed by atoms with Crippen LogP contribution in [0.4, 0.5) is 0 Å². The molecular formula is C15H22N2OS. The van der Waals surface area contributed by atoms with Crippen molar-refractivity contribution in [3.63, 3.8) is 0 Å². The lowest BCUT2D eigenvalue weighted by atomic mass is 9.94. The molecule has 1 aliphatic rings. The van der Waals surface area contributed by atoms with Gasteiger partial charge in [0.05, 0.1) is 4.99 Å². The molecule has 0 aromatic heterocycles. The van der Waals surface area contributed by atoms with Gasteiger partial charge < -0.3 is 15.7 Å². The number of likely N-dealkylation sites (tertiary alicyclic amines) is 1. The maximum atomic E-state index is 9.17. The Morgan fingerprint density at radius 2 is 1.95 bits per heavy atom. The van der Waals surface area contributed by atoms with Gasteiger partial charge in [-0.05, 0) is 37.4 Å². The molecule has 1 aliphatic heterocycles. The number of rotatable bonds is 5. The second-order valence-corrected chi connectivity index (χ2v) is 5.76. The summed E-state index contributed by atoms with van der Waals surface area (Å²) in [4.78, 5) is 2.97. The molecule has 4 heteroatoms. The Morgan fingerprint density at radius 1 is 1.32 bits per heavy atom. The maximum Gasteiger partial charge on any atom is 0.0816 e. The summed E-state index contributed by atoms with van der Waals surface area (Å²) >= 11 is 5.22. The highest BCUT2D eigenvalue weighted by Gasteiger charge is 2.23. The standard InChI is InChI=1S/C15H22N2OS/c16-15(19)14(13-4-2-1-3-5-13)10-17-8-6-12(11-18)7-9-17/h1-5,12,14,18H,6-11H2,(H2,16,19). The van der Waals surface area contributed by atoms with Gasteiger partial charge in [0.2, 0.25) is 0 Å². The fraction of sp³-hybridized carbons (Fsp3) is 0.533. The number of nitrogens with zero attached hydrogens (tertiary/aromatic N) is 1. The monoisotopic (exact) mass is 278 g/mol. The minimum atomic E-state index is 0.127. The average Bonchev–Trinajstić information content (AvgIpc) is 2.46. The van der Waals surface area contributed by atoms with Gasteiger partial charge in [-0.1, -0.05) is 42.5 Å². The number of piperidine rings is 1. The van der Waals surface area contributed by atoms with Crippen LogP contribution >= 0.6 is 12.2 Å². The first-order chi connectivity index (χ1) is 9.20. The zero-order valence-corrected chi connectivity index (χ0v) is 12.0. The molecule has 1 saturated heterocycles. The Balaban J connectivity index is 1.97. The molecule has 1 unspecified atom stereocenters. The summed E-state index contributed by atoms with van der Waals surface area (Å²) in [5.74, 6) is 0.595. The molecule has 1 aromatic carbocycles. The van der Waals surface area contributed by atoms with Crippen molar-refractivity contribution in [1.82, 2.24) is 4.90 Å². The van der Waals surface area contributed by atoms with Crippen LogP contribution in [0.5, 0.6) is 0 Å². The van der Waals surface area contributed by atoms with Crippen molar-refractivity contribution in [3.8, 4) is 0 Å². The molecule has 3 N–H and O–H groups in total. The van der Waals surface area contributed by atoms with Gasteiger partial charge in [-0.25, -0.2) is 0 Å². The molecule has 19 heavy (non-hydrogen) atoms. The van der Waals surface area contributed by atoms with E-state index in [9.17, 15) is 0 Å². The number of nitrogens with two attached hydrogens (primary N) is 1. The zero-order chi connectivity index (χ0) is 13.7. The summed E-state index contributed by atoms with van der Waals surface area (Å²) < 4.78 is 0. The van der Waals surface area contributed by atoms with Crippen LogP contribution in [0.15, 0.2) is 30.3 Å². The molecule has 0 radical (unpaired) electrons. The van der Waals surface area contributed by atoms with Gasteiger partial charge in [0, 0.05) is 19.1 Å². The van der Waals surface area contributed by atoms with E-state index in [1.54, 1.807) is 0 Å². The molecule has 1 aromatic rings. The predicted molar refractivity (Wildman–Crippen MR) is 82.2 cm³/mol. The van der Waals surface area contributed by atoms with Crippen LogP contribution in [0.1, 0.15) is 24.3 Å². The third-order valence-electron chi connectivity index (χ3n) is 3.95. The second kappa shape index (κ2) is 6.98. The Hall–Kier alpha value is -0.970. The highest BCUT2D eigenvalue weighted by atomic mass is 32.1. The first kappa shape index (κ1) is 14.4. The summed E-state index contributed by atoms with van der Waals surface area (Å²) in [6.45, 7) is 3.25. The van der Waals surface area contributed by atoms with E-state index in [0.717, 1.165) is 32.5 Å². The molecule has 3 nitrogen and oxygen atoms in total. The van der Waals surface area contributed by atoms with E-state index < -0.39 is 0 Å². The van der Waals surface area contributed by atoms with Crippen molar-refractivity contribution in [2.75, 3.05) is 26.2 Å². The van der Waals surface area contributed by atoms with E-state index in [4.69, 9.17) is 23.1 Å². The number of thiocarbonyl (C=S) groups is 1. The topological polar surface area (TPSA) is 49.5 Å². The summed E-state index contributed by atoms with van der Waals surface area (Å²) in [6, 6.07) is 10.2. The van der Waals surface area contributed by atoms with Crippen LogP contribution in [0.25, 0.3) is 0 Å². The quantitative estimate of drug-likeness (QED) is 0.806. The van der Waals surface area contributed by atoms with Gasteiger partial charge in [-0.2, -0.15) is 0 Å². The Kier molecular flexibility index (Phi) is 5.31. The minimum absolute atomic E-state index is 0.127. The SMILES string of the molecule is NC(=S)C(CN1CCC(CO)CC1)c1ccccc1. The van der Waals surface area contributed by atoms with Crippen molar-refractivity contribution in [3.05, 3.63) is 35.9 Å². The van der Waals surface area contributed by atoms with E-state index in [-0.39, 0.29) is 5.92 Å². The van der Waals surface area contributed by atoms with Gasteiger partial charge in [-0.3, -0.25) is 0 Å². The molecule has 0 saturated carbocycles. The Morgan fingerprint density at radius 3 is 2.47 bits per heavy atom. The van der Waals surface area contributed by atoms with Gasteiger partial charge >= 0.3 is 0 Å². The first-order valence-corrected chi connectivity index (χ1v) is 7.29. The predicted octanol–water partition coefficient (Wildman–Crippen LogP) is 1.76. The maximum absolute atomic E-state index is 9.17. The number of aliphatic hydroxyl groups is 1. The highest BCUT2D eigenvalue weighted by Crippen LogP contribution is 2.22. The molecule has 0 spiro atoms. The smallest absolute Gasteiger partial charge is 0.0816 e. The van der Waals surface area contributed by atoms with E-state index in [0.29, 0.717) is 17.5 Å². The fourth-order valence-corrected chi connectivity index (χ4v) is 2.87. The van der Waals surface area contributed by atoms with Crippen LogP contribution in [-0.4, -0.2) is 41.2 Å². The lowest BCUT2D eigenvalue weighted by Crippen LogP contribution is -2.40. The molecule has 1 heterocycles. The van der Waals surface area contributed by atoms with E-state index in [1.807, 2.05) is 18.2 Å². The molecule has 0 bridgehead atoms. The van der Waals surface area contributed by atoms with E-state index in [2.05, 4.69) is 17.0 Å². The van der Waals surface area contributed by atoms with Gasteiger partial charge in [-0.15, -0.1) is 0 Å². The largest absolute Gasteiger partial charge is 0.396 e. The lowest BCUT2D eigenvalue weighted by molar-refractivity contribution is 0.131.